The molecule has 6 N–H and O–H groups in total. The minimum Gasteiger partial charge on any atom is -0.369 e. The maximum Gasteiger partial charge on any atom is 0.202 e. The molecule has 0 saturated carbocycles. The van der Waals surface area contributed by atoms with E-state index in [1.54, 1.807) is 4.90 Å². The summed E-state index contributed by atoms with van der Waals surface area (Å²) in [5, 5.41) is 12.5. The molecule has 0 fully saturated rings. The highest BCUT2D eigenvalue weighted by molar-refractivity contribution is 6.00. The number of nitrogens with two attached hydrogens (primary N) is 1. The van der Waals surface area contributed by atoms with Crippen molar-refractivity contribution in [3.63, 3.8) is 0 Å². The van der Waals surface area contributed by atoms with Gasteiger partial charge in [0.25, 0.3) is 0 Å². The van der Waals surface area contributed by atoms with E-state index in [-0.39, 0.29) is 12.3 Å². The minimum absolute atomic E-state index is 0.107. The molecule has 2 rings (SSSR count). The van der Waals surface area contributed by atoms with Gasteiger partial charge in [-0.05, 0) is 13.8 Å². The van der Waals surface area contributed by atoms with E-state index in [1.165, 1.54) is 0 Å². The van der Waals surface area contributed by atoms with Gasteiger partial charge >= 0.3 is 0 Å². The van der Waals surface area contributed by atoms with Gasteiger partial charge in [-0.25, -0.2) is 20.0 Å². The standard InChI is InChI=1S/C12H24N10/c1-7-17-9(13)22(4)12(20-7)16-6-5-15-11-19-8(2)18-10(14-3)21-11/h7-8H,5-6H2,1-4H3,(H2,13,17)(H,16,20)(H3,14,15,18,19,21)/t7-,8+/m0/s1. The summed E-state index contributed by atoms with van der Waals surface area (Å²) in [5.41, 5.74) is 5.82. The number of rotatable bonds is 3. The number of hydrogen-bond donors (Lipinski definition) is 5. The first-order valence-corrected chi connectivity index (χ1v) is 7.22. The average molecular weight is 308 g/mol. The van der Waals surface area contributed by atoms with Crippen LogP contribution in [-0.2, 0) is 0 Å². The molecule has 0 aromatic rings. The van der Waals surface area contributed by atoms with Crippen molar-refractivity contribution in [2.75, 3.05) is 27.2 Å². The first-order valence-electron chi connectivity index (χ1n) is 7.22. The zero-order chi connectivity index (χ0) is 16.1. The molecule has 22 heavy (non-hydrogen) atoms. The molecule has 2 heterocycles. The van der Waals surface area contributed by atoms with Gasteiger partial charge in [0.2, 0.25) is 5.96 Å². The van der Waals surface area contributed by atoms with Crippen molar-refractivity contribution in [1.82, 2.24) is 26.2 Å². The van der Waals surface area contributed by atoms with Crippen LogP contribution >= 0.6 is 0 Å². The van der Waals surface area contributed by atoms with E-state index >= 15 is 0 Å². The highest BCUT2D eigenvalue weighted by Crippen LogP contribution is 2.01. The lowest BCUT2D eigenvalue weighted by atomic mass is 10.5. The van der Waals surface area contributed by atoms with E-state index in [1.807, 2.05) is 27.9 Å². The molecule has 10 heteroatoms. The summed E-state index contributed by atoms with van der Waals surface area (Å²) in [5.74, 6) is 2.57. The average Bonchev–Trinajstić information content (AvgIpc) is 2.47. The maximum atomic E-state index is 5.82. The first-order chi connectivity index (χ1) is 10.5. The second-order valence-electron chi connectivity index (χ2n) is 4.95. The Balaban J connectivity index is 1.76. The summed E-state index contributed by atoms with van der Waals surface area (Å²) < 4.78 is 0. The lowest BCUT2D eigenvalue weighted by Crippen LogP contribution is -2.52. The number of hydrogen-bond acceptors (Lipinski definition) is 10. The van der Waals surface area contributed by atoms with E-state index in [9.17, 15) is 0 Å². The molecular formula is C12H24N10. The van der Waals surface area contributed by atoms with Gasteiger partial charge in [-0.15, -0.1) is 0 Å². The number of guanidine groups is 4. The number of aliphatic imine (C=N–C) groups is 4. The Morgan fingerprint density at radius 3 is 2.41 bits per heavy atom. The fourth-order valence-electron chi connectivity index (χ4n) is 1.99. The van der Waals surface area contributed by atoms with Crippen LogP contribution in [0.5, 0.6) is 0 Å². The number of nitrogens with zero attached hydrogens (tertiary/aromatic N) is 5. The summed E-state index contributed by atoms with van der Waals surface area (Å²) in [4.78, 5) is 18.9. The van der Waals surface area contributed by atoms with E-state index in [0.29, 0.717) is 36.9 Å². The SMILES string of the molecule is CNC1=N[C@@H](C)N=C(NCCNC2=N[C@@H](C)N=C(N)N2C)N1. The normalized spacial score (nSPS) is 24.5. The van der Waals surface area contributed by atoms with Crippen LogP contribution in [-0.4, -0.2) is 68.3 Å². The van der Waals surface area contributed by atoms with Crippen molar-refractivity contribution in [3.8, 4) is 0 Å². The third-order valence-corrected chi connectivity index (χ3v) is 3.10. The van der Waals surface area contributed by atoms with Crippen molar-refractivity contribution in [2.24, 2.45) is 25.7 Å². The van der Waals surface area contributed by atoms with Gasteiger partial charge in [0.1, 0.15) is 12.3 Å². The Kier molecular flexibility index (Phi) is 5.02. The van der Waals surface area contributed by atoms with Crippen LogP contribution in [0.4, 0.5) is 0 Å². The van der Waals surface area contributed by atoms with Crippen molar-refractivity contribution in [3.05, 3.63) is 0 Å². The highest BCUT2D eigenvalue weighted by atomic mass is 15.4. The van der Waals surface area contributed by atoms with Gasteiger partial charge in [0.15, 0.2) is 17.9 Å². The summed E-state index contributed by atoms with van der Waals surface area (Å²) in [6.07, 6.45) is -0.267. The second kappa shape index (κ2) is 6.96. The van der Waals surface area contributed by atoms with Crippen LogP contribution in [0.1, 0.15) is 13.8 Å². The predicted molar refractivity (Wildman–Crippen MR) is 88.8 cm³/mol. The largest absolute Gasteiger partial charge is 0.369 e. The van der Waals surface area contributed by atoms with Gasteiger partial charge < -0.3 is 21.7 Å². The fraction of sp³-hybridized carbons (Fsp3) is 0.667. The molecule has 2 aliphatic rings. The molecule has 0 spiro atoms. The molecule has 0 unspecified atom stereocenters. The minimum atomic E-state index is -0.161. The second-order valence-corrected chi connectivity index (χ2v) is 4.95. The first kappa shape index (κ1) is 15.9. The van der Waals surface area contributed by atoms with Crippen molar-refractivity contribution in [2.45, 2.75) is 26.2 Å². The molecule has 0 aromatic carbocycles. The van der Waals surface area contributed by atoms with Crippen LogP contribution < -0.4 is 27.0 Å². The Morgan fingerprint density at radius 1 is 1.05 bits per heavy atom. The highest BCUT2D eigenvalue weighted by Gasteiger charge is 2.17. The van der Waals surface area contributed by atoms with Crippen LogP contribution in [0, 0.1) is 0 Å². The molecular weight excluding hydrogens is 284 g/mol. The lowest BCUT2D eigenvalue weighted by molar-refractivity contribution is 0.607. The van der Waals surface area contributed by atoms with Gasteiger partial charge in [0, 0.05) is 27.2 Å². The van der Waals surface area contributed by atoms with E-state index in [4.69, 9.17) is 5.73 Å². The van der Waals surface area contributed by atoms with Gasteiger partial charge in [-0.1, -0.05) is 0 Å². The smallest absolute Gasteiger partial charge is 0.202 e. The van der Waals surface area contributed by atoms with Crippen molar-refractivity contribution in [1.29, 1.82) is 0 Å². The fourth-order valence-corrected chi connectivity index (χ4v) is 1.99. The lowest BCUT2D eigenvalue weighted by Gasteiger charge is -2.26. The molecule has 0 amide bonds. The van der Waals surface area contributed by atoms with E-state index in [0.717, 1.165) is 0 Å². The molecule has 0 aromatic heterocycles. The molecule has 0 saturated heterocycles. The van der Waals surface area contributed by atoms with Crippen molar-refractivity contribution >= 4 is 23.8 Å². The summed E-state index contributed by atoms with van der Waals surface area (Å²) >= 11 is 0. The molecule has 2 aliphatic heterocycles. The molecule has 0 bridgehead atoms. The van der Waals surface area contributed by atoms with E-state index < -0.39 is 0 Å². The Labute approximate surface area is 130 Å². The molecule has 0 aliphatic carbocycles. The molecule has 122 valence electrons. The Hall–Kier alpha value is -2.52. The maximum absolute atomic E-state index is 5.82. The number of nitrogens with one attached hydrogen (secondary N) is 4. The van der Waals surface area contributed by atoms with Crippen molar-refractivity contribution < 1.29 is 0 Å². The molecule has 0 radical (unpaired) electrons. The van der Waals surface area contributed by atoms with Crippen LogP contribution in [0.3, 0.4) is 0 Å². The third kappa shape index (κ3) is 3.99. The topological polar surface area (TPSA) is 127 Å². The third-order valence-electron chi connectivity index (χ3n) is 3.10. The zero-order valence-corrected chi connectivity index (χ0v) is 13.4. The Morgan fingerprint density at radius 2 is 1.68 bits per heavy atom. The van der Waals surface area contributed by atoms with Gasteiger partial charge in [-0.2, -0.15) is 0 Å². The summed E-state index contributed by atoms with van der Waals surface area (Å²) in [7, 11) is 3.64. The molecule has 2 atom stereocenters. The van der Waals surface area contributed by atoms with Crippen LogP contribution in [0.25, 0.3) is 0 Å². The quantitative estimate of drug-likeness (QED) is 0.384. The summed E-state index contributed by atoms with van der Waals surface area (Å²) in [6, 6.07) is 0. The zero-order valence-electron chi connectivity index (χ0n) is 13.4. The van der Waals surface area contributed by atoms with Crippen LogP contribution in [0.2, 0.25) is 0 Å². The Bertz CT molecular complexity index is 520. The monoisotopic (exact) mass is 308 g/mol. The van der Waals surface area contributed by atoms with Gasteiger partial charge in [-0.3, -0.25) is 10.2 Å². The molecule has 10 nitrogen and oxygen atoms in total. The summed E-state index contributed by atoms with van der Waals surface area (Å²) in [6.45, 7) is 5.16. The van der Waals surface area contributed by atoms with E-state index in [2.05, 4.69) is 41.2 Å². The van der Waals surface area contributed by atoms with Gasteiger partial charge in [0.05, 0.1) is 0 Å². The van der Waals surface area contributed by atoms with Crippen LogP contribution in [0.15, 0.2) is 20.0 Å². The predicted octanol–water partition coefficient (Wildman–Crippen LogP) is -1.99.